The van der Waals surface area contributed by atoms with Gasteiger partial charge in [0.05, 0.1) is 0 Å². The van der Waals surface area contributed by atoms with Gasteiger partial charge in [0.15, 0.2) is 5.96 Å². The first-order valence-electron chi connectivity index (χ1n) is 11.2. The largest absolute Gasteiger partial charge is 0.368 e. The molecule has 0 aromatic rings. The van der Waals surface area contributed by atoms with Crippen LogP contribution >= 0.6 is 24.0 Å². The summed E-state index contributed by atoms with van der Waals surface area (Å²) in [6, 6.07) is 0.571. The van der Waals surface area contributed by atoms with Gasteiger partial charge in [0.25, 0.3) is 5.91 Å². The first-order chi connectivity index (χ1) is 13.6. The molecule has 29 heavy (non-hydrogen) atoms. The van der Waals surface area contributed by atoms with Crippen molar-refractivity contribution in [1.29, 1.82) is 0 Å². The Morgan fingerprint density at radius 1 is 1.07 bits per heavy atom. The molecule has 3 heterocycles. The van der Waals surface area contributed by atoms with Crippen LogP contribution in [0, 0.1) is 5.92 Å². The Labute approximate surface area is 193 Å². The maximum Gasteiger partial charge on any atom is 0.251 e. The molecule has 0 aromatic carbocycles. The number of guanidine groups is 1. The van der Waals surface area contributed by atoms with Crippen LogP contribution in [0.4, 0.5) is 0 Å². The van der Waals surface area contributed by atoms with E-state index in [0.29, 0.717) is 12.0 Å². The van der Waals surface area contributed by atoms with Gasteiger partial charge in [-0.3, -0.25) is 14.7 Å². The quantitative estimate of drug-likeness (QED) is 0.329. The summed E-state index contributed by atoms with van der Waals surface area (Å²) in [6.07, 6.45) is 5.53. The van der Waals surface area contributed by atoms with Crippen LogP contribution in [-0.2, 0) is 9.53 Å². The number of carbonyl (C=O) groups excluding carboxylic acids is 1. The van der Waals surface area contributed by atoms with Crippen molar-refractivity contribution in [3.63, 3.8) is 0 Å². The van der Waals surface area contributed by atoms with Crippen molar-refractivity contribution in [3.8, 4) is 0 Å². The second-order valence-electron chi connectivity index (χ2n) is 8.77. The molecule has 0 aliphatic carbocycles. The molecule has 0 bridgehead atoms. The predicted octanol–water partition coefficient (Wildman–Crippen LogP) is 2.01. The number of nitrogens with zero attached hydrogens (tertiary/aromatic N) is 4. The van der Waals surface area contributed by atoms with E-state index >= 15 is 0 Å². The number of amides is 1. The van der Waals surface area contributed by atoms with Crippen molar-refractivity contribution in [3.05, 3.63) is 0 Å². The molecule has 168 valence electrons. The molecule has 7 nitrogen and oxygen atoms in total. The summed E-state index contributed by atoms with van der Waals surface area (Å²) < 4.78 is 5.56. The van der Waals surface area contributed by atoms with Crippen molar-refractivity contribution in [2.75, 3.05) is 59.5 Å². The summed E-state index contributed by atoms with van der Waals surface area (Å²) in [5.41, 5.74) is 0. The number of ether oxygens (including phenoxy) is 1. The van der Waals surface area contributed by atoms with Crippen LogP contribution in [0.3, 0.4) is 0 Å². The zero-order chi connectivity index (χ0) is 19.9. The number of likely N-dealkylation sites (tertiary alicyclic amines) is 1. The molecule has 3 aliphatic heterocycles. The van der Waals surface area contributed by atoms with Crippen LogP contribution in [0.25, 0.3) is 0 Å². The Balaban J connectivity index is 0.00000300. The Morgan fingerprint density at radius 2 is 1.72 bits per heavy atom. The molecule has 0 radical (unpaired) electrons. The Hall–Kier alpha value is -0.610. The Morgan fingerprint density at radius 3 is 2.28 bits per heavy atom. The van der Waals surface area contributed by atoms with Crippen LogP contribution in [0.1, 0.15) is 46.0 Å². The lowest BCUT2D eigenvalue weighted by Crippen LogP contribution is -2.56. The van der Waals surface area contributed by atoms with Gasteiger partial charge in [0.1, 0.15) is 6.10 Å². The molecule has 2 unspecified atom stereocenters. The Kier molecular flexibility index (Phi) is 10.5. The van der Waals surface area contributed by atoms with Gasteiger partial charge in [-0.2, -0.15) is 0 Å². The minimum Gasteiger partial charge on any atom is -0.368 e. The molecule has 3 aliphatic rings. The fourth-order valence-corrected chi connectivity index (χ4v) is 4.67. The molecule has 2 atom stereocenters. The predicted molar refractivity (Wildman–Crippen MR) is 128 cm³/mol. The number of halogens is 1. The molecule has 3 rings (SSSR count). The van der Waals surface area contributed by atoms with Gasteiger partial charge >= 0.3 is 0 Å². The normalized spacial score (nSPS) is 24.7. The first kappa shape index (κ1) is 24.7. The minimum atomic E-state index is -0.207. The van der Waals surface area contributed by atoms with E-state index in [9.17, 15) is 4.79 Å². The lowest BCUT2D eigenvalue weighted by Gasteiger charge is -2.38. The first-order valence-corrected chi connectivity index (χ1v) is 11.2. The fraction of sp³-hybridized carbons (Fsp3) is 0.905. The van der Waals surface area contributed by atoms with Crippen molar-refractivity contribution in [1.82, 2.24) is 20.0 Å². The van der Waals surface area contributed by atoms with E-state index in [0.717, 1.165) is 58.1 Å². The third kappa shape index (κ3) is 6.95. The smallest absolute Gasteiger partial charge is 0.251 e. The third-order valence-corrected chi connectivity index (χ3v) is 6.20. The molecule has 0 aromatic heterocycles. The van der Waals surface area contributed by atoms with Gasteiger partial charge in [-0.25, -0.2) is 0 Å². The second-order valence-corrected chi connectivity index (χ2v) is 8.77. The number of aliphatic imine (C=N–C) groups is 1. The zero-order valence-corrected chi connectivity index (χ0v) is 20.8. The van der Waals surface area contributed by atoms with Crippen LogP contribution in [-0.4, -0.2) is 98.2 Å². The number of hydrogen-bond acceptors (Lipinski definition) is 4. The van der Waals surface area contributed by atoms with Gasteiger partial charge < -0.3 is 19.9 Å². The second kappa shape index (κ2) is 12.3. The summed E-state index contributed by atoms with van der Waals surface area (Å²) in [5, 5.41) is 3.63. The summed E-state index contributed by atoms with van der Waals surface area (Å²) in [5.74, 6) is 1.84. The van der Waals surface area contributed by atoms with E-state index < -0.39 is 0 Å². The summed E-state index contributed by atoms with van der Waals surface area (Å²) in [7, 11) is 1.86. The van der Waals surface area contributed by atoms with Crippen LogP contribution in [0.5, 0.6) is 0 Å². The van der Waals surface area contributed by atoms with Crippen molar-refractivity contribution >= 4 is 35.8 Å². The highest BCUT2D eigenvalue weighted by molar-refractivity contribution is 14.0. The third-order valence-electron chi connectivity index (χ3n) is 6.20. The lowest BCUT2D eigenvalue weighted by atomic mass is 10.0. The van der Waals surface area contributed by atoms with Gasteiger partial charge in [-0.15, -0.1) is 24.0 Å². The monoisotopic (exact) mass is 521 g/mol. The van der Waals surface area contributed by atoms with Crippen molar-refractivity contribution < 1.29 is 9.53 Å². The number of carbonyl (C=O) groups is 1. The summed E-state index contributed by atoms with van der Waals surface area (Å²) in [6.45, 7) is 11.9. The van der Waals surface area contributed by atoms with E-state index in [-0.39, 0.29) is 36.0 Å². The zero-order valence-electron chi connectivity index (χ0n) is 18.4. The molecule has 1 amide bonds. The molecule has 8 heteroatoms. The van der Waals surface area contributed by atoms with Crippen molar-refractivity contribution in [2.45, 2.75) is 58.1 Å². The van der Waals surface area contributed by atoms with Gasteiger partial charge in [0, 0.05) is 52.4 Å². The van der Waals surface area contributed by atoms with Crippen LogP contribution < -0.4 is 5.32 Å². The molecule has 0 spiro atoms. The fourth-order valence-electron chi connectivity index (χ4n) is 4.67. The molecular weight excluding hydrogens is 481 g/mol. The van der Waals surface area contributed by atoms with E-state index in [1.54, 1.807) is 0 Å². The van der Waals surface area contributed by atoms with Gasteiger partial charge in [-0.05, 0) is 51.1 Å². The minimum absolute atomic E-state index is 0. The number of rotatable bonds is 6. The number of piperazine rings is 1. The topological polar surface area (TPSA) is 60.4 Å². The average molecular weight is 521 g/mol. The lowest BCUT2D eigenvalue weighted by molar-refractivity contribution is -0.142. The average Bonchev–Trinajstić information content (AvgIpc) is 3.41. The van der Waals surface area contributed by atoms with E-state index in [4.69, 9.17) is 4.74 Å². The van der Waals surface area contributed by atoms with Gasteiger partial charge in [0.2, 0.25) is 0 Å². The summed E-state index contributed by atoms with van der Waals surface area (Å²) >= 11 is 0. The SMILES string of the molecule is CN=C(NCC(CC(C)C)N1CCCC1)N1CCN(C(=O)C2CCCO2)CC1.I. The molecule has 3 fully saturated rings. The Bertz CT molecular complexity index is 525. The van der Waals surface area contributed by atoms with E-state index in [1.807, 2.05) is 11.9 Å². The standard InChI is InChI=1S/C21H39N5O2.HI/c1-17(2)15-18(24-8-4-5-9-24)16-23-21(22-3)26-12-10-25(11-13-26)20(27)19-7-6-14-28-19;/h17-19H,4-16H2,1-3H3,(H,22,23);1H. The van der Waals surface area contributed by atoms with Gasteiger partial charge in [-0.1, -0.05) is 13.8 Å². The number of nitrogens with one attached hydrogen (secondary N) is 1. The molecular formula is C21H40IN5O2. The maximum absolute atomic E-state index is 12.5. The highest BCUT2D eigenvalue weighted by Crippen LogP contribution is 2.18. The molecule has 0 saturated carbocycles. The van der Waals surface area contributed by atoms with Crippen LogP contribution in [0.15, 0.2) is 4.99 Å². The van der Waals surface area contributed by atoms with Crippen molar-refractivity contribution in [2.24, 2.45) is 10.9 Å². The highest BCUT2D eigenvalue weighted by Gasteiger charge is 2.31. The molecule has 3 saturated heterocycles. The number of hydrogen-bond donors (Lipinski definition) is 1. The summed E-state index contributed by atoms with van der Waals surface area (Å²) in [4.78, 5) is 24.0. The van der Waals surface area contributed by atoms with Crippen LogP contribution in [0.2, 0.25) is 0 Å². The van der Waals surface area contributed by atoms with E-state index in [2.05, 4.69) is 34.0 Å². The molecule has 1 N–H and O–H groups in total. The maximum atomic E-state index is 12.5. The highest BCUT2D eigenvalue weighted by atomic mass is 127. The van der Waals surface area contributed by atoms with E-state index in [1.165, 1.54) is 32.4 Å².